The Balaban J connectivity index is 1.65. The Morgan fingerprint density at radius 2 is 1.75 bits per heavy atom. The topological polar surface area (TPSA) is 98.0 Å². The van der Waals surface area contributed by atoms with Gasteiger partial charge in [-0.3, -0.25) is 4.79 Å². The number of aliphatic hydroxyl groups is 3. The van der Waals surface area contributed by atoms with Gasteiger partial charge < -0.3 is 20.4 Å². The summed E-state index contributed by atoms with van der Waals surface area (Å²) in [4.78, 5) is 11.3. The van der Waals surface area contributed by atoms with Crippen molar-refractivity contribution in [1.29, 1.82) is 0 Å². The zero-order valence-corrected chi connectivity index (χ0v) is 17.6. The zero-order chi connectivity index (χ0) is 20.4. The van der Waals surface area contributed by atoms with Gasteiger partial charge in [0.25, 0.3) is 0 Å². The lowest BCUT2D eigenvalue weighted by Crippen LogP contribution is -2.62. The highest BCUT2D eigenvalue weighted by molar-refractivity contribution is 5.67. The van der Waals surface area contributed by atoms with Crippen LogP contribution in [-0.4, -0.2) is 44.7 Å². The fraction of sp³-hybridized carbons (Fsp3) is 0.957. The van der Waals surface area contributed by atoms with Crippen molar-refractivity contribution in [3.63, 3.8) is 0 Å². The average Bonchev–Trinajstić information content (AvgIpc) is 2.95. The van der Waals surface area contributed by atoms with E-state index in [0.717, 1.165) is 38.5 Å². The van der Waals surface area contributed by atoms with Gasteiger partial charge in [-0.15, -0.1) is 0 Å². The molecular formula is C23H38O5. The SMILES string of the molecule is C[C@H](CC(=O)O)[C@H]1CC[C@H]2[C@@H]3[C@@H](O)C[C@@H]4C[C@H](O)CC[C@]4(C)[C@H]3C[C@H](O)[C@]12C. The molecule has 5 nitrogen and oxygen atoms in total. The first-order valence-electron chi connectivity index (χ1n) is 11.3. The standard InChI is InChI=1S/C23H38O5/c1-12(8-20(27)28)15-4-5-16-21-17(11-19(26)23(15,16)3)22(2)7-6-14(24)9-13(22)10-18(21)25/h12-19,21,24-26H,4-11H2,1-3H3,(H,27,28)/t12-,13+,14-,15-,16+,17+,18+,19+,21+,22+,23-/m1/s1. The maximum atomic E-state index is 11.4. The predicted molar refractivity (Wildman–Crippen MR) is 105 cm³/mol. The Hall–Kier alpha value is -0.650. The molecule has 4 rings (SSSR count). The summed E-state index contributed by atoms with van der Waals surface area (Å²) in [6, 6.07) is 0. The Kier molecular flexibility index (Phi) is 5.12. The van der Waals surface area contributed by atoms with Crippen LogP contribution in [0.25, 0.3) is 0 Å². The number of hydrogen-bond donors (Lipinski definition) is 4. The molecule has 0 aromatic heterocycles. The monoisotopic (exact) mass is 394 g/mol. The molecule has 0 unspecified atom stereocenters. The van der Waals surface area contributed by atoms with Crippen LogP contribution in [0, 0.1) is 46.3 Å². The molecule has 160 valence electrons. The Bertz CT molecular complexity index is 622. The molecule has 0 amide bonds. The highest BCUT2D eigenvalue weighted by atomic mass is 16.4. The third-order valence-electron chi connectivity index (χ3n) is 10.0. The van der Waals surface area contributed by atoms with E-state index in [1.54, 1.807) is 0 Å². The van der Waals surface area contributed by atoms with E-state index in [-0.39, 0.29) is 59.0 Å². The summed E-state index contributed by atoms with van der Waals surface area (Å²) in [6.45, 7) is 6.52. The van der Waals surface area contributed by atoms with Gasteiger partial charge in [-0.2, -0.15) is 0 Å². The van der Waals surface area contributed by atoms with Crippen molar-refractivity contribution < 1.29 is 25.2 Å². The summed E-state index contributed by atoms with van der Waals surface area (Å²) in [5.41, 5.74) is -0.232. The van der Waals surface area contributed by atoms with Gasteiger partial charge in [0.1, 0.15) is 0 Å². The minimum absolute atomic E-state index is 0.0348. The molecule has 28 heavy (non-hydrogen) atoms. The molecule has 0 radical (unpaired) electrons. The quantitative estimate of drug-likeness (QED) is 0.590. The number of carboxylic acid groups (broad SMARTS) is 1. The van der Waals surface area contributed by atoms with E-state index in [4.69, 9.17) is 0 Å². The highest BCUT2D eigenvalue weighted by Gasteiger charge is 2.65. The van der Waals surface area contributed by atoms with E-state index in [9.17, 15) is 25.2 Å². The first-order chi connectivity index (χ1) is 13.1. The van der Waals surface area contributed by atoms with Crippen molar-refractivity contribution in [3.05, 3.63) is 0 Å². The van der Waals surface area contributed by atoms with E-state index in [2.05, 4.69) is 13.8 Å². The van der Waals surface area contributed by atoms with Crippen molar-refractivity contribution in [2.24, 2.45) is 46.3 Å². The van der Waals surface area contributed by atoms with Crippen molar-refractivity contribution in [3.8, 4) is 0 Å². The molecule has 4 aliphatic carbocycles. The molecule has 0 saturated heterocycles. The lowest BCUT2D eigenvalue weighted by Gasteiger charge is -2.63. The van der Waals surface area contributed by atoms with E-state index in [1.807, 2.05) is 6.92 Å². The Labute approximate surface area is 168 Å². The molecule has 0 aromatic rings. The van der Waals surface area contributed by atoms with Crippen molar-refractivity contribution in [2.75, 3.05) is 0 Å². The van der Waals surface area contributed by atoms with Gasteiger partial charge in [-0.1, -0.05) is 20.8 Å². The van der Waals surface area contributed by atoms with Crippen LogP contribution in [-0.2, 0) is 4.79 Å². The van der Waals surface area contributed by atoms with E-state index < -0.39 is 12.1 Å². The minimum atomic E-state index is -0.767. The fourth-order valence-corrected chi connectivity index (χ4v) is 8.55. The Morgan fingerprint density at radius 3 is 2.43 bits per heavy atom. The third-order valence-corrected chi connectivity index (χ3v) is 10.0. The summed E-state index contributed by atoms with van der Waals surface area (Å²) >= 11 is 0. The molecule has 0 aliphatic heterocycles. The highest BCUT2D eigenvalue weighted by Crippen LogP contribution is 2.68. The first-order valence-corrected chi connectivity index (χ1v) is 11.3. The number of rotatable bonds is 3. The van der Waals surface area contributed by atoms with Gasteiger partial charge in [0.2, 0.25) is 0 Å². The zero-order valence-electron chi connectivity index (χ0n) is 17.6. The van der Waals surface area contributed by atoms with Crippen LogP contribution in [0.2, 0.25) is 0 Å². The molecular weight excluding hydrogens is 356 g/mol. The van der Waals surface area contributed by atoms with E-state index >= 15 is 0 Å². The van der Waals surface area contributed by atoms with Gasteiger partial charge in [-0.05, 0) is 91.3 Å². The van der Waals surface area contributed by atoms with Gasteiger partial charge in [0, 0.05) is 6.42 Å². The Morgan fingerprint density at radius 1 is 1.04 bits per heavy atom. The molecule has 4 fully saturated rings. The molecule has 4 saturated carbocycles. The number of hydrogen-bond acceptors (Lipinski definition) is 4. The second kappa shape index (κ2) is 6.95. The molecule has 4 N–H and O–H groups in total. The maximum Gasteiger partial charge on any atom is 0.303 e. The van der Waals surface area contributed by atoms with Crippen LogP contribution in [0.4, 0.5) is 0 Å². The summed E-state index contributed by atoms with van der Waals surface area (Å²) in [6.07, 6.45) is 5.02. The van der Waals surface area contributed by atoms with Gasteiger partial charge >= 0.3 is 5.97 Å². The van der Waals surface area contributed by atoms with E-state index in [1.165, 1.54) is 0 Å². The van der Waals surface area contributed by atoms with Crippen LogP contribution in [0.5, 0.6) is 0 Å². The number of carboxylic acids is 1. The fourth-order valence-electron chi connectivity index (χ4n) is 8.55. The van der Waals surface area contributed by atoms with Crippen LogP contribution < -0.4 is 0 Å². The molecule has 0 heterocycles. The second-order valence-electron chi connectivity index (χ2n) is 11.1. The number of fused-ring (bicyclic) bond motifs is 5. The van der Waals surface area contributed by atoms with Crippen molar-refractivity contribution >= 4 is 5.97 Å². The number of carbonyl (C=O) groups is 1. The minimum Gasteiger partial charge on any atom is -0.481 e. The molecule has 0 bridgehead atoms. The normalized spacial score (nSPS) is 54.4. The molecule has 0 aromatic carbocycles. The van der Waals surface area contributed by atoms with Crippen LogP contribution >= 0.6 is 0 Å². The molecule has 11 atom stereocenters. The summed E-state index contributed by atoms with van der Waals surface area (Å²) in [5.74, 6) is 0.510. The van der Waals surface area contributed by atoms with Crippen molar-refractivity contribution in [2.45, 2.75) is 90.4 Å². The average molecular weight is 395 g/mol. The number of aliphatic carboxylic acids is 1. The van der Waals surface area contributed by atoms with Crippen LogP contribution in [0.1, 0.15) is 72.1 Å². The van der Waals surface area contributed by atoms with Gasteiger partial charge in [0.05, 0.1) is 18.3 Å². The lowest BCUT2D eigenvalue weighted by molar-refractivity contribution is -0.207. The second-order valence-corrected chi connectivity index (χ2v) is 11.1. The predicted octanol–water partition coefficient (Wildman–Crippen LogP) is 3.06. The third kappa shape index (κ3) is 2.87. The molecule has 4 aliphatic rings. The van der Waals surface area contributed by atoms with E-state index in [0.29, 0.717) is 12.3 Å². The van der Waals surface area contributed by atoms with Gasteiger partial charge in [-0.25, -0.2) is 0 Å². The summed E-state index contributed by atoms with van der Waals surface area (Å²) in [7, 11) is 0. The van der Waals surface area contributed by atoms with Gasteiger partial charge in [0.15, 0.2) is 0 Å². The molecule has 5 heteroatoms. The maximum absolute atomic E-state index is 11.4. The first kappa shape index (κ1) is 20.6. The largest absolute Gasteiger partial charge is 0.481 e. The van der Waals surface area contributed by atoms with Crippen LogP contribution in [0.15, 0.2) is 0 Å². The summed E-state index contributed by atoms with van der Waals surface area (Å²) < 4.78 is 0. The number of aliphatic hydroxyl groups excluding tert-OH is 3. The summed E-state index contributed by atoms with van der Waals surface area (Å²) in [5, 5.41) is 42.1. The lowest BCUT2D eigenvalue weighted by atomic mass is 9.43. The molecule has 0 spiro atoms. The van der Waals surface area contributed by atoms with Crippen molar-refractivity contribution in [1.82, 2.24) is 0 Å². The smallest absolute Gasteiger partial charge is 0.303 e. The van der Waals surface area contributed by atoms with Crippen LogP contribution in [0.3, 0.4) is 0 Å².